The molecule has 21 heavy (non-hydrogen) atoms. The van der Waals surface area contributed by atoms with E-state index >= 15 is 0 Å². The third kappa shape index (κ3) is 3.03. The summed E-state index contributed by atoms with van der Waals surface area (Å²) in [6.07, 6.45) is 0. The lowest BCUT2D eigenvalue weighted by Crippen LogP contribution is -3.12. The molecule has 110 valence electrons. The van der Waals surface area contributed by atoms with E-state index in [0.29, 0.717) is 18.1 Å². The fourth-order valence-electron chi connectivity index (χ4n) is 2.32. The van der Waals surface area contributed by atoms with Crippen LogP contribution in [0.3, 0.4) is 0 Å². The first-order valence-electron chi connectivity index (χ1n) is 6.67. The minimum absolute atomic E-state index is 0.0210. The molecule has 9 heteroatoms. The predicted molar refractivity (Wildman–Crippen MR) is 71.0 cm³/mol. The quantitative estimate of drug-likeness (QED) is 0.572. The maximum Gasteiger partial charge on any atom is 0.271 e. The SMILES string of the molecule is O=[N+]([O-])c1cccc(-n2nnnc2C[NH+]2CCOCC2)c1. The van der Waals surface area contributed by atoms with E-state index in [0.717, 1.165) is 26.3 Å². The molecule has 2 heterocycles. The summed E-state index contributed by atoms with van der Waals surface area (Å²) in [5.41, 5.74) is 0.615. The number of quaternary nitrogens is 1. The van der Waals surface area contributed by atoms with Crippen molar-refractivity contribution < 1.29 is 14.6 Å². The number of benzene rings is 1. The first-order valence-corrected chi connectivity index (χ1v) is 6.67. The molecule has 0 radical (unpaired) electrons. The largest absolute Gasteiger partial charge is 0.370 e. The molecule has 1 aromatic heterocycles. The van der Waals surface area contributed by atoms with Crippen molar-refractivity contribution >= 4 is 5.69 Å². The fourth-order valence-corrected chi connectivity index (χ4v) is 2.32. The number of hydrogen-bond acceptors (Lipinski definition) is 6. The number of nitro groups is 1. The molecule has 0 amide bonds. The lowest BCUT2D eigenvalue weighted by atomic mass is 10.3. The summed E-state index contributed by atoms with van der Waals surface area (Å²) in [4.78, 5) is 11.8. The van der Waals surface area contributed by atoms with Gasteiger partial charge in [0.25, 0.3) is 5.69 Å². The van der Waals surface area contributed by atoms with Gasteiger partial charge in [0.15, 0.2) is 0 Å². The van der Waals surface area contributed by atoms with Crippen molar-refractivity contribution in [2.45, 2.75) is 6.54 Å². The van der Waals surface area contributed by atoms with Crippen molar-refractivity contribution in [3.63, 3.8) is 0 Å². The standard InChI is InChI=1S/C12H14N6O3/c19-18(20)11-3-1-2-10(8-11)17-12(13-14-15-17)9-16-4-6-21-7-5-16/h1-3,8H,4-7,9H2/p+1. The Morgan fingerprint density at radius 2 is 2.19 bits per heavy atom. The number of nitrogens with one attached hydrogen (secondary N) is 1. The summed E-state index contributed by atoms with van der Waals surface area (Å²) in [5.74, 6) is 0.687. The van der Waals surface area contributed by atoms with Crippen molar-refractivity contribution in [1.29, 1.82) is 0 Å². The molecule has 1 N–H and O–H groups in total. The van der Waals surface area contributed by atoms with Gasteiger partial charge >= 0.3 is 0 Å². The summed E-state index contributed by atoms with van der Waals surface area (Å²) < 4.78 is 6.87. The summed E-state index contributed by atoms with van der Waals surface area (Å²) in [7, 11) is 0. The van der Waals surface area contributed by atoms with Gasteiger partial charge in [0.1, 0.15) is 19.6 Å². The molecule has 1 saturated heterocycles. The Kier molecular flexibility index (Phi) is 3.84. The normalized spacial score (nSPS) is 16.0. The van der Waals surface area contributed by atoms with E-state index in [-0.39, 0.29) is 5.69 Å². The first-order chi connectivity index (χ1) is 10.2. The van der Waals surface area contributed by atoms with E-state index in [1.165, 1.54) is 17.0 Å². The minimum atomic E-state index is -0.430. The van der Waals surface area contributed by atoms with Crippen LogP contribution in [0.2, 0.25) is 0 Å². The number of nitrogens with zero attached hydrogens (tertiary/aromatic N) is 5. The summed E-state index contributed by atoms with van der Waals surface area (Å²) in [5, 5.41) is 22.5. The van der Waals surface area contributed by atoms with E-state index in [9.17, 15) is 10.1 Å². The van der Waals surface area contributed by atoms with E-state index in [1.807, 2.05) is 0 Å². The number of nitro benzene ring substituents is 1. The highest BCUT2D eigenvalue weighted by Gasteiger charge is 2.19. The number of aromatic nitrogens is 4. The van der Waals surface area contributed by atoms with Gasteiger partial charge < -0.3 is 9.64 Å². The van der Waals surface area contributed by atoms with Gasteiger partial charge in [-0.05, 0) is 16.5 Å². The number of morpholine rings is 1. The monoisotopic (exact) mass is 291 g/mol. The van der Waals surface area contributed by atoms with Gasteiger partial charge in [-0.15, -0.1) is 5.10 Å². The summed E-state index contributed by atoms with van der Waals surface area (Å²) in [6.45, 7) is 3.93. The Morgan fingerprint density at radius 3 is 2.95 bits per heavy atom. The maximum absolute atomic E-state index is 10.9. The van der Waals surface area contributed by atoms with Crippen LogP contribution in [-0.4, -0.2) is 51.4 Å². The highest BCUT2D eigenvalue weighted by atomic mass is 16.6. The molecule has 0 spiro atoms. The molecule has 9 nitrogen and oxygen atoms in total. The second kappa shape index (κ2) is 5.94. The summed E-state index contributed by atoms with van der Waals surface area (Å²) in [6, 6.07) is 6.29. The molecule has 0 saturated carbocycles. The van der Waals surface area contributed by atoms with Crippen molar-refractivity contribution in [3.05, 3.63) is 40.2 Å². The van der Waals surface area contributed by atoms with Gasteiger partial charge in [0.2, 0.25) is 5.82 Å². The second-order valence-electron chi connectivity index (χ2n) is 4.82. The Bertz CT molecular complexity index is 637. The van der Waals surface area contributed by atoms with Crippen LogP contribution in [-0.2, 0) is 11.3 Å². The van der Waals surface area contributed by atoms with E-state index in [4.69, 9.17) is 4.74 Å². The molecule has 1 aliphatic rings. The molecule has 1 aromatic carbocycles. The summed E-state index contributed by atoms with van der Waals surface area (Å²) >= 11 is 0. The van der Waals surface area contributed by atoms with Gasteiger partial charge in [-0.3, -0.25) is 10.1 Å². The Labute approximate surface area is 120 Å². The van der Waals surface area contributed by atoms with Gasteiger partial charge in [-0.1, -0.05) is 6.07 Å². The van der Waals surface area contributed by atoms with Crippen molar-refractivity contribution in [1.82, 2.24) is 20.2 Å². The van der Waals surface area contributed by atoms with E-state index in [2.05, 4.69) is 15.5 Å². The van der Waals surface area contributed by atoms with Crippen molar-refractivity contribution in [2.75, 3.05) is 26.3 Å². The average Bonchev–Trinajstić information content (AvgIpc) is 2.96. The van der Waals surface area contributed by atoms with Crippen LogP contribution in [0.5, 0.6) is 0 Å². The lowest BCUT2D eigenvalue weighted by Gasteiger charge is -2.22. The van der Waals surface area contributed by atoms with E-state index < -0.39 is 4.92 Å². The molecule has 0 atom stereocenters. The second-order valence-corrected chi connectivity index (χ2v) is 4.82. The van der Waals surface area contributed by atoms with Crippen LogP contribution in [0.4, 0.5) is 5.69 Å². The molecule has 0 aliphatic carbocycles. The molecule has 2 aromatic rings. The number of ether oxygens (including phenoxy) is 1. The third-order valence-corrected chi connectivity index (χ3v) is 3.43. The average molecular weight is 291 g/mol. The number of non-ortho nitro benzene ring substituents is 1. The molecule has 0 unspecified atom stereocenters. The van der Waals surface area contributed by atoms with Crippen LogP contribution < -0.4 is 4.90 Å². The van der Waals surface area contributed by atoms with Crippen molar-refractivity contribution in [2.24, 2.45) is 0 Å². The molecule has 1 aliphatic heterocycles. The highest BCUT2D eigenvalue weighted by Crippen LogP contribution is 2.16. The lowest BCUT2D eigenvalue weighted by molar-refractivity contribution is -0.922. The van der Waals surface area contributed by atoms with Crippen LogP contribution in [0, 0.1) is 10.1 Å². The zero-order chi connectivity index (χ0) is 14.7. The third-order valence-electron chi connectivity index (χ3n) is 3.43. The highest BCUT2D eigenvalue weighted by molar-refractivity contribution is 5.42. The van der Waals surface area contributed by atoms with Crippen LogP contribution in [0.15, 0.2) is 24.3 Å². The van der Waals surface area contributed by atoms with Gasteiger partial charge in [0, 0.05) is 12.1 Å². The van der Waals surface area contributed by atoms with Crippen LogP contribution in [0.25, 0.3) is 5.69 Å². The van der Waals surface area contributed by atoms with Gasteiger partial charge in [-0.25, -0.2) is 0 Å². The molecule has 3 rings (SSSR count). The smallest absolute Gasteiger partial charge is 0.271 e. The Morgan fingerprint density at radius 1 is 1.38 bits per heavy atom. The molecule has 1 fully saturated rings. The van der Waals surface area contributed by atoms with E-state index in [1.54, 1.807) is 16.8 Å². The van der Waals surface area contributed by atoms with Crippen LogP contribution >= 0.6 is 0 Å². The molecule has 0 bridgehead atoms. The predicted octanol–water partition coefficient (Wildman–Crippen LogP) is -1.01. The Hall–Kier alpha value is -2.39. The molecular formula is C12H15N6O3+. The zero-order valence-electron chi connectivity index (χ0n) is 11.3. The zero-order valence-corrected chi connectivity index (χ0v) is 11.3. The van der Waals surface area contributed by atoms with Gasteiger partial charge in [-0.2, -0.15) is 4.68 Å². The first kappa shape index (κ1) is 13.6. The maximum atomic E-state index is 10.9. The van der Waals surface area contributed by atoms with Crippen molar-refractivity contribution in [3.8, 4) is 5.69 Å². The number of tetrazole rings is 1. The fraction of sp³-hybridized carbons (Fsp3) is 0.417. The number of rotatable bonds is 4. The topological polar surface area (TPSA) is 100 Å². The van der Waals surface area contributed by atoms with Gasteiger partial charge in [0.05, 0.1) is 23.8 Å². The minimum Gasteiger partial charge on any atom is -0.370 e. The molecular weight excluding hydrogens is 276 g/mol. The van der Waals surface area contributed by atoms with Crippen LogP contribution in [0.1, 0.15) is 5.82 Å². The Balaban J connectivity index is 1.84. The number of hydrogen-bond donors (Lipinski definition) is 1.